The van der Waals surface area contributed by atoms with Gasteiger partial charge >= 0.3 is 0 Å². The van der Waals surface area contributed by atoms with Crippen LogP contribution in [-0.2, 0) is 0 Å². The van der Waals surface area contributed by atoms with Crippen LogP contribution in [0.5, 0.6) is 0 Å². The summed E-state index contributed by atoms with van der Waals surface area (Å²) >= 11 is 0. The van der Waals surface area contributed by atoms with Gasteiger partial charge in [-0.15, -0.1) is 0 Å². The minimum absolute atomic E-state index is 0.0848. The Balaban J connectivity index is 2.37. The largest absolute Gasteiger partial charge is 0.369 e. The van der Waals surface area contributed by atoms with Gasteiger partial charge in [-0.05, 0) is 12.6 Å². The highest BCUT2D eigenvalue weighted by atomic mass is 19.3. The molecule has 0 saturated carbocycles. The first-order chi connectivity index (χ1) is 9.02. The zero-order chi connectivity index (χ0) is 14.3. The molecular formula is C11H16F2N4O2. The van der Waals surface area contributed by atoms with Crippen LogP contribution in [0.25, 0.3) is 0 Å². The maximum Gasteiger partial charge on any atom is 0.287 e. The number of alkyl halides is 2. The highest BCUT2D eigenvalue weighted by Gasteiger charge is 2.10. The van der Waals surface area contributed by atoms with Crippen molar-refractivity contribution in [2.75, 3.05) is 31.5 Å². The van der Waals surface area contributed by atoms with E-state index < -0.39 is 11.3 Å². The number of aromatic nitrogens is 1. The van der Waals surface area contributed by atoms with E-state index in [1.807, 2.05) is 6.92 Å². The Morgan fingerprint density at radius 1 is 1.53 bits per heavy atom. The molecule has 1 rings (SSSR count). The zero-order valence-electron chi connectivity index (χ0n) is 10.6. The number of nitrogens with one attached hydrogen (secondary N) is 1. The van der Waals surface area contributed by atoms with Gasteiger partial charge in [-0.2, -0.15) is 0 Å². The van der Waals surface area contributed by atoms with Gasteiger partial charge in [-0.1, -0.05) is 6.92 Å². The van der Waals surface area contributed by atoms with Gasteiger partial charge in [-0.25, -0.2) is 13.8 Å². The minimum Gasteiger partial charge on any atom is -0.369 e. The van der Waals surface area contributed by atoms with Crippen molar-refractivity contribution >= 4 is 11.5 Å². The number of halogens is 2. The fraction of sp³-hybridized carbons (Fsp3) is 0.545. The van der Waals surface area contributed by atoms with Gasteiger partial charge in [0, 0.05) is 19.2 Å². The molecule has 0 aliphatic heterocycles. The minimum atomic E-state index is -2.35. The van der Waals surface area contributed by atoms with E-state index in [1.165, 1.54) is 12.1 Å². The van der Waals surface area contributed by atoms with Gasteiger partial charge in [0.1, 0.15) is 12.0 Å². The highest BCUT2D eigenvalue weighted by Crippen LogP contribution is 2.11. The first-order valence-corrected chi connectivity index (χ1v) is 5.87. The number of nitrogens with zero attached hydrogens (tertiary/aromatic N) is 3. The highest BCUT2D eigenvalue weighted by molar-refractivity contribution is 5.39. The summed E-state index contributed by atoms with van der Waals surface area (Å²) in [4.78, 5) is 15.4. The van der Waals surface area contributed by atoms with Crippen LogP contribution in [0.4, 0.5) is 20.3 Å². The van der Waals surface area contributed by atoms with Crippen molar-refractivity contribution in [2.45, 2.75) is 13.3 Å². The molecule has 0 fully saturated rings. The summed E-state index contributed by atoms with van der Waals surface area (Å²) in [5.74, 6) is 0.485. The molecule has 6 nitrogen and oxygen atoms in total. The normalized spacial score (nSPS) is 11.0. The lowest BCUT2D eigenvalue weighted by atomic mass is 10.4. The van der Waals surface area contributed by atoms with Crippen LogP contribution in [0.3, 0.4) is 0 Å². The van der Waals surface area contributed by atoms with Gasteiger partial charge in [0.25, 0.3) is 12.1 Å². The fourth-order valence-corrected chi connectivity index (χ4v) is 1.51. The summed E-state index contributed by atoms with van der Waals surface area (Å²) in [5, 5.41) is 13.4. The van der Waals surface area contributed by atoms with Crippen LogP contribution in [0.1, 0.15) is 6.92 Å². The number of likely N-dealkylation sites (N-methyl/N-ethyl adjacent to an activating group) is 1. The Bertz CT molecular complexity index is 400. The predicted molar refractivity (Wildman–Crippen MR) is 67.5 cm³/mol. The summed E-state index contributed by atoms with van der Waals surface area (Å²) < 4.78 is 24.4. The molecule has 0 aromatic carbocycles. The van der Waals surface area contributed by atoms with E-state index in [9.17, 15) is 18.9 Å². The third kappa shape index (κ3) is 5.56. The molecule has 0 amide bonds. The zero-order valence-corrected chi connectivity index (χ0v) is 10.6. The summed E-state index contributed by atoms with van der Waals surface area (Å²) in [6.07, 6.45) is -1.20. The van der Waals surface area contributed by atoms with E-state index in [2.05, 4.69) is 10.3 Å². The first kappa shape index (κ1) is 15.2. The van der Waals surface area contributed by atoms with Crippen molar-refractivity contribution in [1.82, 2.24) is 9.88 Å². The molecule has 0 saturated heterocycles. The Kier molecular flexibility index (Phi) is 6.07. The molecule has 0 spiro atoms. The quantitative estimate of drug-likeness (QED) is 0.580. The maximum atomic E-state index is 12.2. The van der Waals surface area contributed by atoms with Crippen molar-refractivity contribution in [3.8, 4) is 0 Å². The monoisotopic (exact) mass is 274 g/mol. The number of anilines is 1. The van der Waals surface area contributed by atoms with Crippen molar-refractivity contribution < 1.29 is 13.7 Å². The third-order valence-electron chi connectivity index (χ3n) is 2.54. The van der Waals surface area contributed by atoms with E-state index in [4.69, 9.17) is 0 Å². The standard InChI is InChI=1S/C11H16F2N4O2/c1-2-16(8-10(12)13)6-5-14-11-4-3-9(7-15-11)17(18)19/h3-4,7,10H,2,5-6,8H2,1H3,(H,14,15). The molecule has 0 atom stereocenters. The van der Waals surface area contributed by atoms with E-state index in [0.29, 0.717) is 25.5 Å². The summed E-state index contributed by atoms with van der Waals surface area (Å²) in [6.45, 7) is 3.00. The lowest BCUT2D eigenvalue weighted by molar-refractivity contribution is -0.385. The second-order valence-electron chi connectivity index (χ2n) is 3.87. The second-order valence-corrected chi connectivity index (χ2v) is 3.87. The molecular weight excluding hydrogens is 258 g/mol. The van der Waals surface area contributed by atoms with Crippen LogP contribution < -0.4 is 5.32 Å². The van der Waals surface area contributed by atoms with Crippen molar-refractivity contribution in [2.24, 2.45) is 0 Å². The van der Waals surface area contributed by atoms with Crippen molar-refractivity contribution in [1.29, 1.82) is 0 Å². The molecule has 8 heteroatoms. The Morgan fingerprint density at radius 2 is 2.26 bits per heavy atom. The maximum absolute atomic E-state index is 12.2. The molecule has 106 valence electrons. The third-order valence-corrected chi connectivity index (χ3v) is 2.54. The van der Waals surface area contributed by atoms with Crippen LogP contribution in [0, 0.1) is 10.1 Å². The predicted octanol–water partition coefficient (Wildman–Crippen LogP) is 1.99. The molecule has 1 aromatic rings. The smallest absolute Gasteiger partial charge is 0.287 e. The molecule has 1 aromatic heterocycles. The summed E-state index contributed by atoms with van der Waals surface area (Å²) in [6, 6.07) is 2.83. The first-order valence-electron chi connectivity index (χ1n) is 5.87. The Morgan fingerprint density at radius 3 is 2.74 bits per heavy atom. The SMILES string of the molecule is CCN(CCNc1ccc([N+](=O)[O-])cn1)CC(F)F. The van der Waals surface area contributed by atoms with Crippen LogP contribution in [0.2, 0.25) is 0 Å². The van der Waals surface area contributed by atoms with Crippen LogP contribution in [-0.4, -0.2) is 47.4 Å². The van der Waals surface area contributed by atoms with Gasteiger partial charge in [0.05, 0.1) is 11.5 Å². The topological polar surface area (TPSA) is 71.3 Å². The molecule has 1 N–H and O–H groups in total. The molecule has 0 unspecified atom stereocenters. The van der Waals surface area contributed by atoms with Gasteiger partial charge in [0.2, 0.25) is 0 Å². The number of nitro groups is 1. The van der Waals surface area contributed by atoms with E-state index in [0.717, 1.165) is 6.20 Å². The lowest BCUT2D eigenvalue weighted by Gasteiger charge is -2.19. The average molecular weight is 274 g/mol. The molecule has 0 radical (unpaired) electrons. The number of hydrogen-bond donors (Lipinski definition) is 1. The summed E-state index contributed by atoms with van der Waals surface area (Å²) in [7, 11) is 0. The summed E-state index contributed by atoms with van der Waals surface area (Å²) in [5.41, 5.74) is -0.0848. The number of hydrogen-bond acceptors (Lipinski definition) is 5. The second kappa shape index (κ2) is 7.57. The molecule has 0 aliphatic rings. The number of rotatable bonds is 8. The van der Waals surface area contributed by atoms with Crippen molar-refractivity contribution in [3.05, 3.63) is 28.4 Å². The fourth-order valence-electron chi connectivity index (χ4n) is 1.51. The lowest BCUT2D eigenvalue weighted by Crippen LogP contribution is -2.33. The molecule has 19 heavy (non-hydrogen) atoms. The Hall–Kier alpha value is -1.83. The van der Waals surface area contributed by atoms with Crippen LogP contribution in [0.15, 0.2) is 18.3 Å². The van der Waals surface area contributed by atoms with Crippen molar-refractivity contribution in [3.63, 3.8) is 0 Å². The van der Waals surface area contributed by atoms with E-state index in [-0.39, 0.29) is 12.2 Å². The number of pyridine rings is 1. The van der Waals surface area contributed by atoms with E-state index >= 15 is 0 Å². The van der Waals surface area contributed by atoms with E-state index in [1.54, 1.807) is 4.90 Å². The van der Waals surface area contributed by atoms with Crippen LogP contribution >= 0.6 is 0 Å². The average Bonchev–Trinajstić information content (AvgIpc) is 2.37. The Labute approximate surface area is 109 Å². The molecule has 0 aliphatic carbocycles. The molecule has 0 bridgehead atoms. The van der Waals surface area contributed by atoms with Gasteiger partial charge in [0.15, 0.2) is 0 Å². The van der Waals surface area contributed by atoms with Gasteiger partial charge in [-0.3, -0.25) is 15.0 Å². The molecule has 1 heterocycles. The van der Waals surface area contributed by atoms with Gasteiger partial charge < -0.3 is 5.32 Å².